The fourth-order valence-corrected chi connectivity index (χ4v) is 3.67. The highest BCUT2D eigenvalue weighted by Crippen LogP contribution is 2.37. The number of anilines is 1. The number of nitrogens with zero attached hydrogens (tertiary/aromatic N) is 3. The standard InChI is InChI=1S/C15H24N4/c1-2-16-15-10-17-13(9-18-15)11-19-8-4-6-12-5-3-7-14(12)19/h9-10,12,14H,2-8,11H2,1H3,(H,16,18). The Morgan fingerprint density at radius 2 is 2.11 bits per heavy atom. The second kappa shape index (κ2) is 5.87. The molecule has 0 amide bonds. The molecule has 1 aromatic rings. The van der Waals surface area contributed by atoms with Crippen LogP contribution in [0.1, 0.15) is 44.7 Å². The van der Waals surface area contributed by atoms with Gasteiger partial charge < -0.3 is 5.32 Å². The average molecular weight is 260 g/mol. The van der Waals surface area contributed by atoms with E-state index < -0.39 is 0 Å². The Morgan fingerprint density at radius 3 is 2.89 bits per heavy atom. The van der Waals surface area contributed by atoms with E-state index in [0.29, 0.717) is 0 Å². The Hall–Kier alpha value is -1.16. The first-order valence-corrected chi connectivity index (χ1v) is 7.65. The summed E-state index contributed by atoms with van der Waals surface area (Å²) in [6.45, 7) is 5.17. The van der Waals surface area contributed by atoms with Gasteiger partial charge in [0.05, 0.1) is 18.1 Å². The molecule has 1 aliphatic heterocycles. The third-order valence-electron chi connectivity index (χ3n) is 4.54. The number of hydrogen-bond donors (Lipinski definition) is 1. The Labute approximate surface area is 115 Å². The summed E-state index contributed by atoms with van der Waals surface area (Å²) in [5.74, 6) is 1.83. The van der Waals surface area contributed by atoms with Crippen molar-refractivity contribution in [2.45, 2.75) is 51.6 Å². The summed E-state index contributed by atoms with van der Waals surface area (Å²) < 4.78 is 0. The van der Waals surface area contributed by atoms with Crippen molar-refractivity contribution in [1.82, 2.24) is 14.9 Å². The SMILES string of the molecule is CCNc1cnc(CN2CCCC3CCCC32)cn1. The molecule has 1 N–H and O–H groups in total. The summed E-state index contributed by atoms with van der Waals surface area (Å²) in [4.78, 5) is 11.6. The fraction of sp³-hybridized carbons (Fsp3) is 0.733. The fourth-order valence-electron chi connectivity index (χ4n) is 3.67. The van der Waals surface area contributed by atoms with Gasteiger partial charge in [-0.3, -0.25) is 9.88 Å². The molecule has 2 unspecified atom stereocenters. The van der Waals surface area contributed by atoms with Crippen LogP contribution in [0.15, 0.2) is 12.4 Å². The zero-order chi connectivity index (χ0) is 13.1. The Kier molecular flexibility index (Phi) is 3.97. The highest BCUT2D eigenvalue weighted by Gasteiger charge is 2.34. The quantitative estimate of drug-likeness (QED) is 0.903. The number of aromatic nitrogens is 2. The first-order valence-electron chi connectivity index (χ1n) is 7.65. The molecule has 2 fully saturated rings. The molecular weight excluding hydrogens is 236 g/mol. The minimum Gasteiger partial charge on any atom is -0.369 e. The van der Waals surface area contributed by atoms with Crippen LogP contribution in [0.3, 0.4) is 0 Å². The van der Waals surface area contributed by atoms with Crippen molar-refractivity contribution in [3.05, 3.63) is 18.1 Å². The monoisotopic (exact) mass is 260 g/mol. The molecule has 1 aromatic heterocycles. The maximum absolute atomic E-state index is 4.54. The molecule has 1 saturated heterocycles. The summed E-state index contributed by atoms with van der Waals surface area (Å²) >= 11 is 0. The molecule has 19 heavy (non-hydrogen) atoms. The summed E-state index contributed by atoms with van der Waals surface area (Å²) in [7, 11) is 0. The Bertz CT molecular complexity index is 403. The number of piperidine rings is 1. The lowest BCUT2D eigenvalue weighted by Gasteiger charge is -2.37. The van der Waals surface area contributed by atoms with Gasteiger partial charge in [0.2, 0.25) is 0 Å². The summed E-state index contributed by atoms with van der Waals surface area (Å²) in [5.41, 5.74) is 1.11. The molecule has 2 heterocycles. The minimum absolute atomic E-state index is 0.809. The van der Waals surface area contributed by atoms with Crippen LogP contribution in [-0.4, -0.2) is 34.0 Å². The van der Waals surface area contributed by atoms with Crippen LogP contribution in [0.4, 0.5) is 5.82 Å². The molecule has 104 valence electrons. The van der Waals surface area contributed by atoms with Crippen molar-refractivity contribution in [2.75, 3.05) is 18.4 Å². The van der Waals surface area contributed by atoms with Gasteiger partial charge in [0, 0.05) is 19.1 Å². The van der Waals surface area contributed by atoms with Crippen molar-refractivity contribution in [3.8, 4) is 0 Å². The molecule has 2 atom stereocenters. The normalized spacial score (nSPS) is 27.2. The number of rotatable bonds is 4. The number of hydrogen-bond acceptors (Lipinski definition) is 4. The van der Waals surface area contributed by atoms with Crippen LogP contribution in [0.25, 0.3) is 0 Å². The van der Waals surface area contributed by atoms with Crippen LogP contribution < -0.4 is 5.32 Å². The molecular formula is C15H24N4. The number of likely N-dealkylation sites (tertiary alicyclic amines) is 1. The van der Waals surface area contributed by atoms with E-state index in [0.717, 1.165) is 36.6 Å². The highest BCUT2D eigenvalue weighted by molar-refractivity contribution is 5.30. The topological polar surface area (TPSA) is 41.1 Å². The summed E-state index contributed by atoms with van der Waals surface area (Å²) in [6.07, 6.45) is 10.8. The van der Waals surface area contributed by atoms with Crippen molar-refractivity contribution < 1.29 is 0 Å². The average Bonchev–Trinajstić information content (AvgIpc) is 2.91. The maximum Gasteiger partial charge on any atom is 0.144 e. The predicted molar refractivity (Wildman–Crippen MR) is 77.0 cm³/mol. The smallest absolute Gasteiger partial charge is 0.144 e. The molecule has 0 bridgehead atoms. The molecule has 4 heteroatoms. The van der Waals surface area contributed by atoms with Gasteiger partial charge in [-0.2, -0.15) is 0 Å². The van der Waals surface area contributed by atoms with E-state index in [1.54, 1.807) is 0 Å². The van der Waals surface area contributed by atoms with E-state index in [1.165, 1.54) is 38.6 Å². The molecule has 1 aliphatic carbocycles. The van der Waals surface area contributed by atoms with E-state index in [4.69, 9.17) is 0 Å². The van der Waals surface area contributed by atoms with Gasteiger partial charge in [0.15, 0.2) is 0 Å². The zero-order valence-electron chi connectivity index (χ0n) is 11.8. The second-order valence-corrected chi connectivity index (χ2v) is 5.79. The molecule has 0 spiro atoms. The van der Waals surface area contributed by atoms with Crippen LogP contribution in [0, 0.1) is 5.92 Å². The third-order valence-corrected chi connectivity index (χ3v) is 4.54. The van der Waals surface area contributed by atoms with Gasteiger partial charge in [-0.05, 0) is 45.1 Å². The number of nitrogens with one attached hydrogen (secondary N) is 1. The largest absolute Gasteiger partial charge is 0.369 e. The lowest BCUT2D eigenvalue weighted by atomic mass is 9.92. The van der Waals surface area contributed by atoms with E-state index in [9.17, 15) is 0 Å². The third kappa shape index (κ3) is 2.89. The van der Waals surface area contributed by atoms with E-state index in [2.05, 4.69) is 27.1 Å². The number of fused-ring (bicyclic) bond motifs is 1. The summed E-state index contributed by atoms with van der Waals surface area (Å²) in [6, 6.07) is 0.809. The Balaban J connectivity index is 1.63. The predicted octanol–water partition coefficient (Wildman–Crippen LogP) is 2.67. The first-order chi connectivity index (χ1) is 9.36. The van der Waals surface area contributed by atoms with Crippen molar-refractivity contribution >= 4 is 5.82 Å². The van der Waals surface area contributed by atoms with E-state index >= 15 is 0 Å². The minimum atomic E-state index is 0.809. The maximum atomic E-state index is 4.54. The van der Waals surface area contributed by atoms with Gasteiger partial charge in [0.1, 0.15) is 5.82 Å². The molecule has 2 aliphatic rings. The van der Waals surface area contributed by atoms with E-state index in [-0.39, 0.29) is 0 Å². The molecule has 0 aromatic carbocycles. The first kappa shape index (κ1) is 12.9. The highest BCUT2D eigenvalue weighted by atomic mass is 15.2. The van der Waals surface area contributed by atoms with Gasteiger partial charge in [-0.15, -0.1) is 0 Å². The molecule has 4 nitrogen and oxygen atoms in total. The Morgan fingerprint density at radius 1 is 1.21 bits per heavy atom. The zero-order valence-corrected chi connectivity index (χ0v) is 11.8. The van der Waals surface area contributed by atoms with Crippen LogP contribution in [-0.2, 0) is 6.54 Å². The molecule has 0 radical (unpaired) electrons. The molecule has 3 rings (SSSR count). The van der Waals surface area contributed by atoms with Crippen molar-refractivity contribution in [1.29, 1.82) is 0 Å². The van der Waals surface area contributed by atoms with Gasteiger partial charge >= 0.3 is 0 Å². The second-order valence-electron chi connectivity index (χ2n) is 5.79. The van der Waals surface area contributed by atoms with Gasteiger partial charge in [0.25, 0.3) is 0 Å². The van der Waals surface area contributed by atoms with Crippen molar-refractivity contribution in [2.24, 2.45) is 5.92 Å². The summed E-state index contributed by atoms with van der Waals surface area (Å²) in [5, 5.41) is 3.19. The lowest BCUT2D eigenvalue weighted by Crippen LogP contribution is -2.42. The van der Waals surface area contributed by atoms with Crippen LogP contribution >= 0.6 is 0 Å². The van der Waals surface area contributed by atoms with Gasteiger partial charge in [-0.25, -0.2) is 4.98 Å². The van der Waals surface area contributed by atoms with E-state index in [1.807, 2.05) is 12.4 Å². The van der Waals surface area contributed by atoms with Gasteiger partial charge in [-0.1, -0.05) is 6.42 Å². The van der Waals surface area contributed by atoms with Crippen molar-refractivity contribution in [3.63, 3.8) is 0 Å². The lowest BCUT2D eigenvalue weighted by molar-refractivity contribution is 0.104. The van der Waals surface area contributed by atoms with Crippen LogP contribution in [0.5, 0.6) is 0 Å². The van der Waals surface area contributed by atoms with Crippen LogP contribution in [0.2, 0.25) is 0 Å². The molecule has 1 saturated carbocycles.